The summed E-state index contributed by atoms with van der Waals surface area (Å²) in [5, 5.41) is 4.71. The maximum absolute atomic E-state index is 14.8. The van der Waals surface area contributed by atoms with Crippen LogP contribution in [0.4, 0.5) is 10.5 Å². The number of sulfonamides is 1. The van der Waals surface area contributed by atoms with E-state index in [1.165, 1.54) is 4.31 Å². The summed E-state index contributed by atoms with van der Waals surface area (Å²) in [5.41, 5.74) is 4.67. The van der Waals surface area contributed by atoms with Gasteiger partial charge >= 0.3 is 6.03 Å². The van der Waals surface area contributed by atoms with Crippen LogP contribution in [0.25, 0.3) is 10.9 Å². The highest BCUT2D eigenvalue weighted by Crippen LogP contribution is 2.35. The van der Waals surface area contributed by atoms with E-state index < -0.39 is 22.1 Å². The molecule has 3 heterocycles. The minimum Gasteiger partial charge on any atom is -0.361 e. The number of carbonyl (C=O) groups is 2. The summed E-state index contributed by atoms with van der Waals surface area (Å²) in [5.74, 6) is -0.405. The van der Waals surface area contributed by atoms with Gasteiger partial charge in [-0.1, -0.05) is 54.4 Å². The Morgan fingerprint density at radius 1 is 1.02 bits per heavy atom. The quantitative estimate of drug-likeness (QED) is 0.268. The molecule has 0 radical (unpaired) electrons. The molecule has 1 aromatic heterocycles. The monoisotopic (exact) mass is 690 g/mol. The standard InChI is InChI=1S/C36H43ClN6O4S/c1-24-9-12-29(13-10-24)48(46,47)42-17-15-41(16-18-42)36(45)39-34(25(2)31-21-38-32-8-6-5-7-30(31)32)35(44)43-23-26(22-40(3)4)19-27-20-28(37)11-14-33(27)43/h5-14,20-21,25-26,34,38H,15-19,22-23H2,1-4H3,(H,39,45)/t25-,26-,34-/m1/s1. The summed E-state index contributed by atoms with van der Waals surface area (Å²) in [6, 6.07) is 19.0. The number of benzene rings is 3. The first-order valence-electron chi connectivity index (χ1n) is 16.3. The van der Waals surface area contributed by atoms with E-state index in [-0.39, 0.29) is 48.8 Å². The predicted molar refractivity (Wildman–Crippen MR) is 190 cm³/mol. The summed E-state index contributed by atoms with van der Waals surface area (Å²) < 4.78 is 28.0. The van der Waals surface area contributed by atoms with E-state index >= 15 is 0 Å². The molecule has 12 heteroatoms. The minimum atomic E-state index is -3.69. The van der Waals surface area contributed by atoms with Gasteiger partial charge in [-0.2, -0.15) is 4.31 Å². The number of nitrogens with one attached hydrogen (secondary N) is 2. The Morgan fingerprint density at radius 2 is 1.73 bits per heavy atom. The van der Waals surface area contributed by atoms with Gasteiger partial charge in [-0.25, -0.2) is 13.2 Å². The molecule has 0 bridgehead atoms. The smallest absolute Gasteiger partial charge is 0.318 e. The number of rotatable bonds is 8. The molecule has 48 heavy (non-hydrogen) atoms. The molecule has 1 fully saturated rings. The van der Waals surface area contributed by atoms with Crippen molar-refractivity contribution in [2.75, 3.05) is 58.3 Å². The Balaban J connectivity index is 1.27. The van der Waals surface area contributed by atoms with Gasteiger partial charge in [-0.05, 0) is 80.9 Å². The van der Waals surface area contributed by atoms with Gasteiger partial charge in [0.15, 0.2) is 0 Å². The van der Waals surface area contributed by atoms with E-state index in [9.17, 15) is 18.0 Å². The van der Waals surface area contributed by atoms with Crippen molar-refractivity contribution in [3.8, 4) is 0 Å². The summed E-state index contributed by atoms with van der Waals surface area (Å²) >= 11 is 6.41. The average molecular weight is 691 g/mol. The number of carbonyl (C=O) groups excluding carboxylic acids is 2. The van der Waals surface area contributed by atoms with Crippen LogP contribution in [0.5, 0.6) is 0 Å². The van der Waals surface area contributed by atoms with Crippen molar-refractivity contribution in [2.24, 2.45) is 5.92 Å². The second-order valence-corrected chi connectivity index (χ2v) is 15.6. The molecule has 0 saturated carbocycles. The normalized spacial score (nSPS) is 18.5. The zero-order chi connectivity index (χ0) is 34.2. The third-order valence-corrected chi connectivity index (χ3v) is 11.7. The van der Waals surface area contributed by atoms with E-state index in [4.69, 9.17) is 11.6 Å². The van der Waals surface area contributed by atoms with Crippen LogP contribution in [0.2, 0.25) is 5.02 Å². The molecule has 0 spiro atoms. The van der Waals surface area contributed by atoms with Gasteiger partial charge < -0.3 is 25.0 Å². The highest BCUT2D eigenvalue weighted by molar-refractivity contribution is 7.89. The molecule has 4 aromatic rings. The lowest BCUT2D eigenvalue weighted by molar-refractivity contribution is -0.121. The molecule has 2 N–H and O–H groups in total. The lowest BCUT2D eigenvalue weighted by Gasteiger charge is -2.39. The summed E-state index contributed by atoms with van der Waals surface area (Å²) in [6.07, 6.45) is 2.71. The van der Waals surface area contributed by atoms with Gasteiger partial charge in [-0.15, -0.1) is 0 Å². The Kier molecular flexibility index (Phi) is 9.85. The molecule has 3 aromatic carbocycles. The summed E-state index contributed by atoms with van der Waals surface area (Å²) in [7, 11) is 0.352. The van der Waals surface area contributed by atoms with Crippen molar-refractivity contribution in [3.05, 3.63) is 94.6 Å². The van der Waals surface area contributed by atoms with Gasteiger partial charge in [0.2, 0.25) is 15.9 Å². The number of piperazine rings is 1. The van der Waals surface area contributed by atoms with Crippen LogP contribution in [0, 0.1) is 12.8 Å². The highest BCUT2D eigenvalue weighted by Gasteiger charge is 2.39. The van der Waals surface area contributed by atoms with E-state index in [2.05, 4.69) is 15.2 Å². The van der Waals surface area contributed by atoms with Crippen LogP contribution < -0.4 is 10.2 Å². The highest BCUT2D eigenvalue weighted by atomic mass is 35.5. The van der Waals surface area contributed by atoms with Crippen molar-refractivity contribution in [1.82, 2.24) is 24.4 Å². The first kappa shape index (κ1) is 34.0. The number of urea groups is 1. The molecule has 3 atom stereocenters. The van der Waals surface area contributed by atoms with Crippen LogP contribution in [0.3, 0.4) is 0 Å². The number of fused-ring (bicyclic) bond motifs is 2. The zero-order valence-corrected chi connectivity index (χ0v) is 29.4. The summed E-state index contributed by atoms with van der Waals surface area (Å²) in [4.78, 5) is 37.8. The Hall–Kier alpha value is -3.90. The van der Waals surface area contributed by atoms with Crippen molar-refractivity contribution in [3.63, 3.8) is 0 Å². The van der Waals surface area contributed by atoms with Crippen LogP contribution in [-0.2, 0) is 21.2 Å². The first-order chi connectivity index (χ1) is 22.9. The van der Waals surface area contributed by atoms with Gasteiger partial charge in [0.1, 0.15) is 6.04 Å². The van der Waals surface area contributed by atoms with E-state index in [1.807, 2.05) is 75.4 Å². The van der Waals surface area contributed by atoms with Crippen molar-refractivity contribution in [1.29, 1.82) is 0 Å². The molecule has 0 aliphatic carbocycles. The van der Waals surface area contributed by atoms with Gasteiger partial charge in [-0.3, -0.25) is 4.79 Å². The molecule has 2 aliphatic rings. The summed E-state index contributed by atoms with van der Waals surface area (Å²) in [6.45, 7) is 5.90. The topological polar surface area (TPSA) is 109 Å². The first-order valence-corrected chi connectivity index (χ1v) is 18.2. The molecule has 3 amide bonds. The number of aryl methyl sites for hydroxylation is 1. The second-order valence-electron chi connectivity index (χ2n) is 13.3. The molecular formula is C36H43ClN6O4S. The number of halogens is 1. The second kappa shape index (κ2) is 13.9. The largest absolute Gasteiger partial charge is 0.361 e. The molecule has 254 valence electrons. The fourth-order valence-corrected chi connectivity index (χ4v) is 8.61. The Labute approximate surface area is 287 Å². The van der Waals surface area contributed by atoms with Gasteiger partial charge in [0.25, 0.3) is 0 Å². The number of para-hydroxylation sites is 1. The van der Waals surface area contributed by atoms with Crippen LogP contribution >= 0.6 is 11.6 Å². The molecule has 0 unspecified atom stereocenters. The number of aromatic amines is 1. The molecule has 10 nitrogen and oxygen atoms in total. The molecule has 2 aliphatic heterocycles. The van der Waals surface area contributed by atoms with E-state index in [1.54, 1.807) is 35.2 Å². The van der Waals surface area contributed by atoms with Crippen LogP contribution in [0.15, 0.2) is 77.8 Å². The minimum absolute atomic E-state index is 0.159. The lowest BCUT2D eigenvalue weighted by atomic mass is 9.88. The fourth-order valence-electron chi connectivity index (χ4n) is 6.99. The van der Waals surface area contributed by atoms with Gasteiger partial charge in [0.05, 0.1) is 4.90 Å². The number of hydrogen-bond acceptors (Lipinski definition) is 5. The maximum atomic E-state index is 14.8. The molecule has 1 saturated heterocycles. The fraction of sp³-hybridized carbons (Fsp3) is 0.389. The van der Waals surface area contributed by atoms with Crippen molar-refractivity contribution < 1.29 is 18.0 Å². The predicted octanol–water partition coefficient (Wildman–Crippen LogP) is 5.09. The van der Waals surface area contributed by atoms with E-state index in [0.717, 1.165) is 46.2 Å². The maximum Gasteiger partial charge on any atom is 0.318 e. The van der Waals surface area contributed by atoms with Crippen LogP contribution in [-0.4, -0.2) is 98.9 Å². The van der Waals surface area contributed by atoms with E-state index in [0.29, 0.717) is 11.6 Å². The number of amides is 3. The number of H-pyrrole nitrogens is 1. The number of hydrogen-bond donors (Lipinski definition) is 2. The van der Waals surface area contributed by atoms with Gasteiger partial charge in [0, 0.05) is 73.0 Å². The van der Waals surface area contributed by atoms with Crippen molar-refractivity contribution in [2.45, 2.75) is 37.1 Å². The van der Waals surface area contributed by atoms with Crippen LogP contribution in [0.1, 0.15) is 29.5 Å². The third kappa shape index (κ3) is 6.96. The number of aromatic nitrogens is 1. The number of anilines is 1. The molecule has 6 rings (SSSR count). The Morgan fingerprint density at radius 3 is 2.44 bits per heavy atom. The number of nitrogens with zero attached hydrogens (tertiary/aromatic N) is 4. The SMILES string of the molecule is Cc1ccc(S(=O)(=O)N2CCN(C(=O)N[C@@H](C(=O)N3C[C@@H](CN(C)C)Cc4cc(Cl)ccc43)[C@H](C)c3c[nH]c4ccccc34)CC2)cc1. The molecular weight excluding hydrogens is 648 g/mol. The average Bonchev–Trinajstić information content (AvgIpc) is 3.50. The zero-order valence-electron chi connectivity index (χ0n) is 27.8. The lowest BCUT2D eigenvalue weighted by Crippen LogP contribution is -2.59. The van der Waals surface area contributed by atoms with Crippen molar-refractivity contribution >= 4 is 50.2 Å². The third-order valence-electron chi connectivity index (χ3n) is 9.51. The Bertz CT molecular complexity index is 1900.